The Morgan fingerprint density at radius 2 is 2.14 bits per heavy atom. The van der Waals surface area contributed by atoms with Crippen molar-refractivity contribution < 1.29 is 17.9 Å². The third-order valence-corrected chi connectivity index (χ3v) is 5.18. The summed E-state index contributed by atoms with van der Waals surface area (Å²) in [6.45, 7) is 5.23. The van der Waals surface area contributed by atoms with Gasteiger partial charge >= 0.3 is 6.18 Å². The van der Waals surface area contributed by atoms with E-state index in [-0.39, 0.29) is 10.6 Å². The normalized spacial score (nSPS) is 21.2. The van der Waals surface area contributed by atoms with Gasteiger partial charge < -0.3 is 10.1 Å². The lowest BCUT2D eigenvalue weighted by atomic mass is 10.0. The molecular formula is C13H20F3N3OS. The van der Waals surface area contributed by atoms with Crippen LogP contribution in [0.1, 0.15) is 25.1 Å². The molecule has 0 bridgehead atoms. The molecule has 4 nitrogen and oxygen atoms in total. The van der Waals surface area contributed by atoms with Gasteiger partial charge in [0.1, 0.15) is 0 Å². The Bertz CT molecular complexity index is 513. The van der Waals surface area contributed by atoms with Crippen molar-refractivity contribution in [2.45, 2.75) is 44.3 Å². The number of alkyl halides is 3. The van der Waals surface area contributed by atoms with Crippen LogP contribution in [-0.4, -0.2) is 39.1 Å². The molecule has 1 atom stereocenters. The number of hydrogen-bond acceptors (Lipinski definition) is 4. The summed E-state index contributed by atoms with van der Waals surface area (Å²) in [7, 11) is 1.59. The molecule has 8 heteroatoms. The fraction of sp³-hybridized carbons (Fsp3) is 0.769. The highest BCUT2D eigenvalue weighted by atomic mass is 32.2. The Morgan fingerprint density at radius 3 is 2.62 bits per heavy atom. The summed E-state index contributed by atoms with van der Waals surface area (Å²) in [5, 5.41) is 7.53. The zero-order valence-electron chi connectivity index (χ0n) is 12.5. The largest absolute Gasteiger partial charge is 0.468 e. The molecule has 1 aliphatic heterocycles. The number of aryl methyl sites for hydroxylation is 2. The monoisotopic (exact) mass is 323 g/mol. The maximum Gasteiger partial charge on any atom is 0.422 e. The van der Waals surface area contributed by atoms with E-state index in [4.69, 9.17) is 4.74 Å². The van der Waals surface area contributed by atoms with Crippen LogP contribution in [0.2, 0.25) is 0 Å². The van der Waals surface area contributed by atoms with Gasteiger partial charge in [-0.25, -0.2) is 4.68 Å². The molecular weight excluding hydrogens is 303 g/mol. The summed E-state index contributed by atoms with van der Waals surface area (Å²) in [5.41, 5.74) is 1.38. The van der Waals surface area contributed by atoms with Crippen molar-refractivity contribution in [1.29, 1.82) is 0 Å². The van der Waals surface area contributed by atoms with E-state index in [1.54, 1.807) is 14.0 Å². The van der Waals surface area contributed by atoms with Crippen molar-refractivity contribution in [3.05, 3.63) is 11.3 Å². The summed E-state index contributed by atoms with van der Waals surface area (Å²) in [6.07, 6.45) is -4.35. The number of thioether (sulfide) groups is 1. The van der Waals surface area contributed by atoms with Gasteiger partial charge in [0.2, 0.25) is 5.88 Å². The van der Waals surface area contributed by atoms with E-state index in [1.165, 1.54) is 4.68 Å². The first-order valence-electron chi connectivity index (χ1n) is 6.69. The van der Waals surface area contributed by atoms with Crippen LogP contribution < -0.4 is 10.1 Å². The van der Waals surface area contributed by atoms with Crippen molar-refractivity contribution in [3.63, 3.8) is 0 Å². The van der Waals surface area contributed by atoms with Gasteiger partial charge in [0.15, 0.2) is 6.61 Å². The van der Waals surface area contributed by atoms with E-state index in [0.29, 0.717) is 23.8 Å². The average Bonchev–Trinajstić information content (AvgIpc) is 2.59. The van der Waals surface area contributed by atoms with Crippen LogP contribution in [0.4, 0.5) is 13.2 Å². The van der Waals surface area contributed by atoms with Crippen molar-refractivity contribution in [1.82, 2.24) is 15.1 Å². The van der Waals surface area contributed by atoms with Crippen LogP contribution in [-0.2, 0) is 13.6 Å². The SMILES string of the molecule is Cc1nn(C)c(OCC(F)(F)F)c1CNC1CSC1(C)C. The van der Waals surface area contributed by atoms with Gasteiger partial charge in [0, 0.05) is 30.1 Å². The first-order valence-corrected chi connectivity index (χ1v) is 7.68. The molecule has 0 aromatic carbocycles. The smallest absolute Gasteiger partial charge is 0.422 e. The summed E-state index contributed by atoms with van der Waals surface area (Å²) in [4.78, 5) is 0. The van der Waals surface area contributed by atoms with Crippen molar-refractivity contribution in [2.24, 2.45) is 7.05 Å². The summed E-state index contributed by atoms with van der Waals surface area (Å²) in [6, 6.07) is 0.345. The molecule has 0 amide bonds. The van der Waals surface area contributed by atoms with E-state index >= 15 is 0 Å². The number of hydrogen-bond donors (Lipinski definition) is 1. The predicted octanol–water partition coefficient (Wildman–Crippen LogP) is 2.65. The number of nitrogens with zero attached hydrogens (tertiary/aromatic N) is 2. The van der Waals surface area contributed by atoms with Gasteiger partial charge in [0.25, 0.3) is 0 Å². The third-order valence-electron chi connectivity index (χ3n) is 3.65. The lowest BCUT2D eigenvalue weighted by molar-refractivity contribution is -0.154. The molecule has 2 rings (SSSR count). The first kappa shape index (κ1) is 16.5. The molecule has 0 aliphatic carbocycles. The van der Waals surface area contributed by atoms with Crippen LogP contribution in [0, 0.1) is 6.92 Å². The predicted molar refractivity (Wildman–Crippen MR) is 76.7 cm³/mol. The molecule has 1 saturated heterocycles. The standard InChI is InChI=1S/C13H20F3N3OS/c1-8-9(5-17-10-6-21-12(10,2)3)11(19(4)18-8)20-7-13(14,15)16/h10,17H,5-7H2,1-4H3. The third kappa shape index (κ3) is 3.85. The van der Waals surface area contributed by atoms with E-state index in [0.717, 1.165) is 5.75 Å². The van der Waals surface area contributed by atoms with E-state index in [2.05, 4.69) is 24.3 Å². The average molecular weight is 323 g/mol. The van der Waals surface area contributed by atoms with Crippen LogP contribution in [0.5, 0.6) is 5.88 Å². The Labute approximate surface area is 126 Å². The number of ether oxygens (including phenoxy) is 1. The van der Waals surface area contributed by atoms with Gasteiger partial charge in [-0.2, -0.15) is 30.0 Å². The minimum atomic E-state index is -4.35. The Morgan fingerprint density at radius 1 is 1.48 bits per heavy atom. The highest BCUT2D eigenvalue weighted by Gasteiger charge is 2.39. The van der Waals surface area contributed by atoms with Gasteiger partial charge in [-0.3, -0.25) is 0 Å². The van der Waals surface area contributed by atoms with Gasteiger partial charge in [-0.05, 0) is 20.8 Å². The molecule has 21 heavy (non-hydrogen) atoms. The fourth-order valence-electron chi connectivity index (χ4n) is 2.25. The van der Waals surface area contributed by atoms with Crippen molar-refractivity contribution >= 4 is 11.8 Å². The van der Waals surface area contributed by atoms with Crippen molar-refractivity contribution in [2.75, 3.05) is 12.4 Å². The minimum Gasteiger partial charge on any atom is -0.468 e. The van der Waals surface area contributed by atoms with Crippen molar-refractivity contribution in [3.8, 4) is 5.88 Å². The molecule has 0 radical (unpaired) electrons. The Hall–Kier alpha value is -0.890. The summed E-state index contributed by atoms with van der Waals surface area (Å²) < 4.78 is 43.4. The highest BCUT2D eigenvalue weighted by Crippen LogP contribution is 2.40. The molecule has 2 heterocycles. The van der Waals surface area contributed by atoms with Crippen LogP contribution in [0.25, 0.3) is 0 Å². The van der Waals surface area contributed by atoms with E-state index in [9.17, 15) is 13.2 Å². The Balaban J connectivity index is 2.04. The lowest BCUT2D eigenvalue weighted by Crippen LogP contribution is -2.54. The Kier molecular flexibility index (Phi) is 4.49. The molecule has 1 aromatic heterocycles. The fourth-order valence-corrected chi connectivity index (χ4v) is 3.45. The number of rotatable bonds is 5. The molecule has 1 N–H and O–H groups in total. The van der Waals surface area contributed by atoms with E-state index < -0.39 is 12.8 Å². The second kappa shape index (κ2) is 5.72. The van der Waals surface area contributed by atoms with Crippen LogP contribution in [0.3, 0.4) is 0 Å². The molecule has 0 spiro atoms. The number of aromatic nitrogens is 2. The molecule has 120 valence electrons. The van der Waals surface area contributed by atoms with E-state index in [1.807, 2.05) is 11.8 Å². The first-order chi connectivity index (χ1) is 9.60. The second-order valence-electron chi connectivity index (χ2n) is 5.74. The van der Waals surface area contributed by atoms with Gasteiger partial charge in [-0.1, -0.05) is 0 Å². The highest BCUT2D eigenvalue weighted by molar-refractivity contribution is 8.02. The van der Waals surface area contributed by atoms with Gasteiger partial charge in [0.05, 0.1) is 11.3 Å². The zero-order chi connectivity index (χ0) is 15.8. The lowest BCUT2D eigenvalue weighted by Gasteiger charge is -2.44. The molecule has 0 saturated carbocycles. The molecule has 1 unspecified atom stereocenters. The molecule has 1 aliphatic rings. The molecule has 1 aromatic rings. The van der Waals surface area contributed by atoms with Gasteiger partial charge in [-0.15, -0.1) is 0 Å². The van der Waals surface area contributed by atoms with Crippen LogP contribution >= 0.6 is 11.8 Å². The minimum absolute atomic E-state index is 0.156. The summed E-state index contributed by atoms with van der Waals surface area (Å²) >= 11 is 1.87. The number of halogens is 3. The number of nitrogens with one attached hydrogen (secondary N) is 1. The quantitative estimate of drug-likeness (QED) is 0.904. The summed E-state index contributed by atoms with van der Waals surface area (Å²) in [5.74, 6) is 1.19. The maximum atomic E-state index is 12.3. The maximum absolute atomic E-state index is 12.3. The topological polar surface area (TPSA) is 39.1 Å². The molecule has 1 fully saturated rings. The zero-order valence-corrected chi connectivity index (χ0v) is 13.4. The van der Waals surface area contributed by atoms with Crippen LogP contribution in [0.15, 0.2) is 0 Å². The second-order valence-corrected chi connectivity index (χ2v) is 7.42.